The maximum atomic E-state index is 4.72. The maximum absolute atomic E-state index is 4.72. The van der Waals surface area contributed by atoms with Crippen LogP contribution in [0.15, 0.2) is 12.2 Å². The second kappa shape index (κ2) is 2.08. The third-order valence-corrected chi connectivity index (χ3v) is 0.949. The third kappa shape index (κ3) is 2.09. The average molecular weight is 100 g/mol. The molecule has 0 aromatic heterocycles. The Labute approximate surface area is 43.9 Å². The van der Waals surface area contributed by atoms with Crippen LogP contribution in [0.5, 0.6) is 0 Å². The van der Waals surface area contributed by atoms with Gasteiger partial charge in [-0.1, -0.05) is 18.8 Å². The number of rotatable bonds is 1. The van der Waals surface area contributed by atoms with Gasteiger partial charge in [-0.15, -0.1) is 0 Å². The molecule has 0 spiro atoms. The van der Waals surface area contributed by atoms with Crippen molar-refractivity contribution >= 4 is 17.1 Å². The van der Waals surface area contributed by atoms with Crippen molar-refractivity contribution in [2.24, 2.45) is 0 Å². The summed E-state index contributed by atoms with van der Waals surface area (Å²) < 4.78 is 0. The summed E-state index contributed by atoms with van der Waals surface area (Å²) in [7, 11) is 0. The first-order valence-corrected chi connectivity index (χ1v) is 2.22. The van der Waals surface area contributed by atoms with E-state index >= 15 is 0 Å². The summed E-state index contributed by atoms with van der Waals surface area (Å²) in [5, 5.41) is 0. The van der Waals surface area contributed by atoms with Gasteiger partial charge in [0.05, 0.1) is 0 Å². The van der Waals surface area contributed by atoms with Gasteiger partial charge in [0.1, 0.15) is 0 Å². The highest BCUT2D eigenvalue weighted by atomic mass is 32.1. The summed E-state index contributed by atoms with van der Waals surface area (Å²) in [5.41, 5.74) is 0.991. The average Bonchev–Trinajstić information content (AvgIpc) is 1.36. The van der Waals surface area contributed by atoms with Gasteiger partial charge >= 0.3 is 0 Å². The number of hydrogen-bond donors (Lipinski definition) is 0. The van der Waals surface area contributed by atoms with Crippen molar-refractivity contribution in [3.63, 3.8) is 0 Å². The molecule has 0 bridgehead atoms. The van der Waals surface area contributed by atoms with Crippen LogP contribution in [-0.4, -0.2) is 4.86 Å². The Hall–Kier alpha value is -0.170. The zero-order valence-corrected chi connectivity index (χ0v) is 4.93. The predicted octanol–water partition coefficient (Wildman–Crippen LogP) is 1.95. The van der Waals surface area contributed by atoms with Gasteiger partial charge in [-0.25, -0.2) is 0 Å². The zero-order chi connectivity index (χ0) is 5.15. The highest BCUT2D eigenvalue weighted by Gasteiger charge is 1.80. The molecule has 0 heterocycles. The van der Waals surface area contributed by atoms with Crippen LogP contribution >= 0.6 is 12.2 Å². The summed E-state index contributed by atoms with van der Waals surface area (Å²) in [6.07, 6.45) is 0. The van der Waals surface area contributed by atoms with Gasteiger partial charge in [-0.3, -0.25) is 0 Å². The lowest BCUT2D eigenvalue weighted by molar-refractivity contribution is 1.63. The highest BCUT2D eigenvalue weighted by molar-refractivity contribution is 7.80. The van der Waals surface area contributed by atoms with Crippen molar-refractivity contribution in [1.29, 1.82) is 0 Å². The minimum Gasteiger partial charge on any atom is -0.0950 e. The van der Waals surface area contributed by atoms with E-state index in [1.165, 1.54) is 0 Å². The van der Waals surface area contributed by atoms with Crippen molar-refractivity contribution in [3.8, 4) is 0 Å². The molecule has 0 aromatic carbocycles. The quantitative estimate of drug-likeness (QED) is 0.358. The Morgan fingerprint density at radius 3 is 1.67 bits per heavy atom. The van der Waals surface area contributed by atoms with E-state index in [4.69, 9.17) is 12.2 Å². The molecule has 0 saturated heterocycles. The second-order valence-corrected chi connectivity index (χ2v) is 1.95. The first-order chi connectivity index (χ1) is 2.64. The van der Waals surface area contributed by atoms with Gasteiger partial charge in [-0.05, 0) is 19.4 Å². The summed E-state index contributed by atoms with van der Waals surface area (Å²) in [5.74, 6) is 0. The fourth-order valence-corrected chi connectivity index (χ4v) is 0. The molecule has 0 aromatic rings. The molecule has 0 atom stereocenters. The van der Waals surface area contributed by atoms with Crippen molar-refractivity contribution in [2.45, 2.75) is 13.8 Å². The van der Waals surface area contributed by atoms with Crippen LogP contribution in [-0.2, 0) is 0 Å². The van der Waals surface area contributed by atoms with E-state index in [2.05, 4.69) is 6.58 Å². The second-order valence-electron chi connectivity index (χ2n) is 1.34. The molecule has 0 radical (unpaired) electrons. The summed E-state index contributed by atoms with van der Waals surface area (Å²) >= 11 is 4.72. The Morgan fingerprint density at radius 1 is 1.50 bits per heavy atom. The van der Waals surface area contributed by atoms with Gasteiger partial charge in [0, 0.05) is 4.86 Å². The topological polar surface area (TPSA) is 0 Å². The van der Waals surface area contributed by atoms with Crippen LogP contribution < -0.4 is 0 Å². The lowest BCUT2D eigenvalue weighted by Crippen LogP contribution is -1.82. The highest BCUT2D eigenvalue weighted by Crippen LogP contribution is 1.88. The van der Waals surface area contributed by atoms with Crippen LogP contribution in [0, 0.1) is 0 Å². The summed E-state index contributed by atoms with van der Waals surface area (Å²) in [6, 6.07) is 0. The normalized spacial score (nSPS) is 7.67. The summed E-state index contributed by atoms with van der Waals surface area (Å²) in [6.45, 7) is 7.39. The van der Waals surface area contributed by atoms with Crippen LogP contribution in [0.3, 0.4) is 0 Å². The molecule has 0 N–H and O–H groups in total. The standard InChI is InChI=1S/C5H8S/c1-4(2)5(3)6/h1H2,2-3H3. The Kier molecular flexibility index (Phi) is 2.03. The number of allylic oxidation sites excluding steroid dienone is 1. The van der Waals surface area contributed by atoms with Crippen LogP contribution in [0.25, 0.3) is 0 Å². The molecule has 0 saturated carbocycles. The van der Waals surface area contributed by atoms with E-state index < -0.39 is 0 Å². The first-order valence-electron chi connectivity index (χ1n) is 1.81. The van der Waals surface area contributed by atoms with E-state index in [1.54, 1.807) is 0 Å². The number of thiocarbonyl (C=S) groups is 1. The van der Waals surface area contributed by atoms with E-state index in [-0.39, 0.29) is 0 Å². The molecule has 0 rings (SSSR count). The van der Waals surface area contributed by atoms with E-state index in [0.29, 0.717) is 0 Å². The van der Waals surface area contributed by atoms with Gasteiger partial charge in [0.25, 0.3) is 0 Å². The molecular formula is C5H8S. The smallest absolute Gasteiger partial charge is 0.0144 e. The van der Waals surface area contributed by atoms with E-state index in [9.17, 15) is 0 Å². The van der Waals surface area contributed by atoms with Gasteiger partial charge in [0.2, 0.25) is 0 Å². The van der Waals surface area contributed by atoms with Crippen molar-refractivity contribution < 1.29 is 0 Å². The maximum Gasteiger partial charge on any atom is 0.0144 e. The molecule has 0 aliphatic rings. The SMILES string of the molecule is C=C(C)C(C)=S. The molecule has 34 valence electrons. The van der Waals surface area contributed by atoms with E-state index in [1.807, 2.05) is 13.8 Å². The Balaban J connectivity index is 3.57. The molecule has 1 heteroatoms. The largest absolute Gasteiger partial charge is 0.0950 e. The molecule has 0 fully saturated rings. The van der Waals surface area contributed by atoms with Crippen LogP contribution in [0.4, 0.5) is 0 Å². The van der Waals surface area contributed by atoms with Crippen molar-refractivity contribution in [2.75, 3.05) is 0 Å². The Bertz CT molecular complexity index is 69.9. The van der Waals surface area contributed by atoms with Crippen molar-refractivity contribution in [3.05, 3.63) is 12.2 Å². The first kappa shape index (κ1) is 5.83. The monoisotopic (exact) mass is 100 g/mol. The number of hydrogen-bond acceptors (Lipinski definition) is 1. The lowest BCUT2D eigenvalue weighted by atomic mass is 10.3. The third-order valence-electron chi connectivity index (χ3n) is 0.601. The van der Waals surface area contributed by atoms with Crippen molar-refractivity contribution in [1.82, 2.24) is 0 Å². The van der Waals surface area contributed by atoms with Gasteiger partial charge in [0.15, 0.2) is 0 Å². The van der Waals surface area contributed by atoms with Gasteiger partial charge in [-0.2, -0.15) is 0 Å². The fourth-order valence-electron chi connectivity index (χ4n) is 0. The molecule has 0 unspecified atom stereocenters. The van der Waals surface area contributed by atoms with Gasteiger partial charge < -0.3 is 0 Å². The molecule has 0 amide bonds. The van der Waals surface area contributed by atoms with Crippen LogP contribution in [0.1, 0.15) is 13.8 Å². The lowest BCUT2D eigenvalue weighted by Gasteiger charge is -1.85. The minimum atomic E-state index is 0.898. The molecule has 6 heavy (non-hydrogen) atoms. The molecule has 0 aliphatic heterocycles. The molecule has 0 aliphatic carbocycles. The predicted molar refractivity (Wildman–Crippen MR) is 33.1 cm³/mol. The summed E-state index contributed by atoms with van der Waals surface area (Å²) in [4.78, 5) is 0.898. The Morgan fingerprint density at radius 2 is 1.67 bits per heavy atom. The fraction of sp³-hybridized carbons (Fsp3) is 0.400. The molecule has 0 nitrogen and oxygen atoms in total. The van der Waals surface area contributed by atoms with Crippen LogP contribution in [0.2, 0.25) is 0 Å². The molecular weight excluding hydrogens is 92.1 g/mol. The van der Waals surface area contributed by atoms with E-state index in [0.717, 1.165) is 10.4 Å². The minimum absolute atomic E-state index is 0.898. The zero-order valence-electron chi connectivity index (χ0n) is 4.12.